The predicted octanol–water partition coefficient (Wildman–Crippen LogP) is -0.483. The first-order valence-electron chi connectivity index (χ1n) is 0. The van der Waals surface area contributed by atoms with Crippen LogP contribution in [0.2, 0.25) is 0 Å². The second kappa shape index (κ2) is 123. The summed E-state index contributed by atoms with van der Waals surface area (Å²) < 4.78 is 0. The van der Waals surface area contributed by atoms with E-state index in [-0.39, 0.29) is 79.2 Å². The molecular formula is CoMoO4Zn. The van der Waals surface area contributed by atoms with Crippen molar-refractivity contribution < 1.29 is 79.2 Å². The van der Waals surface area contributed by atoms with E-state index in [1.165, 1.54) is 0 Å². The van der Waals surface area contributed by atoms with Gasteiger partial charge in [-0.15, -0.1) is 0 Å². The minimum absolute atomic E-state index is 0. The van der Waals surface area contributed by atoms with Gasteiger partial charge >= 0.3 is 57.3 Å². The summed E-state index contributed by atoms with van der Waals surface area (Å²) in [5.41, 5.74) is 0. The maximum Gasteiger partial charge on any atom is 4.00 e. The molecule has 1 radical (unpaired) electrons. The third-order valence-corrected chi connectivity index (χ3v) is 0. The van der Waals surface area contributed by atoms with Gasteiger partial charge in [0.2, 0.25) is 0 Å². The molecule has 0 aromatic rings. The molecule has 41 valence electrons. The molecule has 0 aromatic heterocycles. The fourth-order valence-electron chi connectivity index (χ4n) is 0. The van der Waals surface area contributed by atoms with Gasteiger partial charge in [-0.05, 0) is 0 Å². The van der Waals surface area contributed by atoms with E-state index in [2.05, 4.69) is 0 Å². The Morgan fingerprint density at radius 2 is 0.571 bits per heavy atom. The Morgan fingerprint density at radius 3 is 0.571 bits per heavy atom. The average Bonchev–Trinajstić information content (AvgIpc) is 0. The molecule has 0 N–H and O–H groups in total. The molecule has 0 heterocycles. The van der Waals surface area contributed by atoms with Crippen LogP contribution in [0.1, 0.15) is 0 Å². The maximum absolute atomic E-state index is 0. The normalized spacial score (nSPS) is 0. The predicted molar refractivity (Wildman–Crippen MR) is 2.75 cm³/mol. The monoisotopic (exact) mass is 285 g/mol. The molecule has 0 aromatic carbocycles. The van der Waals surface area contributed by atoms with Gasteiger partial charge in [-0.3, -0.25) is 0 Å². The van der Waals surface area contributed by atoms with E-state index < -0.39 is 0 Å². The SMILES string of the molecule is [Co+2].[Mo+4].[O-2].[O-2].[O-2].[O-2].[Zn+2]. The van der Waals surface area contributed by atoms with Crippen LogP contribution in [0.15, 0.2) is 0 Å². The zero-order valence-corrected chi connectivity index (χ0v) is 9.10. The molecular weight excluding hydrogens is 284 g/mol. The third kappa shape index (κ3) is 89.2. The van der Waals surface area contributed by atoms with Crippen molar-refractivity contribution in [3.05, 3.63) is 0 Å². The van der Waals surface area contributed by atoms with Crippen molar-refractivity contribution in [1.29, 1.82) is 0 Å². The summed E-state index contributed by atoms with van der Waals surface area (Å²) in [6.07, 6.45) is 0. The van der Waals surface area contributed by atoms with Crippen LogP contribution in [0.25, 0.3) is 0 Å². The van der Waals surface area contributed by atoms with Crippen molar-refractivity contribution in [2.75, 3.05) is 0 Å². The van der Waals surface area contributed by atoms with Gasteiger partial charge in [0.1, 0.15) is 0 Å². The second-order valence-corrected chi connectivity index (χ2v) is 0. The third-order valence-electron chi connectivity index (χ3n) is 0. The van der Waals surface area contributed by atoms with Crippen LogP contribution in [0.4, 0.5) is 0 Å². The van der Waals surface area contributed by atoms with Gasteiger partial charge in [-0.25, -0.2) is 0 Å². The van der Waals surface area contributed by atoms with Crippen LogP contribution >= 0.6 is 0 Å². The summed E-state index contributed by atoms with van der Waals surface area (Å²) in [5.74, 6) is 0. The molecule has 0 aliphatic heterocycles. The molecule has 0 aliphatic carbocycles. The zero-order chi connectivity index (χ0) is 0. The Bertz CT molecular complexity index is 11.7. The number of rotatable bonds is 0. The van der Waals surface area contributed by atoms with Crippen LogP contribution in [-0.4, -0.2) is 0 Å². The van der Waals surface area contributed by atoms with E-state index >= 15 is 0 Å². The van der Waals surface area contributed by atoms with Crippen molar-refractivity contribution in [3.63, 3.8) is 0 Å². The Labute approximate surface area is 78.9 Å². The Morgan fingerprint density at radius 1 is 0.571 bits per heavy atom. The zero-order valence-electron chi connectivity index (χ0n) is 3.08. The van der Waals surface area contributed by atoms with Crippen molar-refractivity contribution in [2.24, 2.45) is 0 Å². The largest absolute Gasteiger partial charge is 4.00 e. The van der Waals surface area contributed by atoms with Crippen molar-refractivity contribution in [2.45, 2.75) is 0 Å². The molecule has 0 saturated carbocycles. The Balaban J connectivity index is 0. The first kappa shape index (κ1) is 185. The van der Waals surface area contributed by atoms with E-state index in [0.29, 0.717) is 0 Å². The van der Waals surface area contributed by atoms with Gasteiger partial charge in [-0.2, -0.15) is 0 Å². The van der Waals surface area contributed by atoms with Crippen LogP contribution in [-0.2, 0) is 79.2 Å². The number of hydrogen-bond donors (Lipinski definition) is 0. The summed E-state index contributed by atoms with van der Waals surface area (Å²) in [6.45, 7) is 0. The fourth-order valence-corrected chi connectivity index (χ4v) is 0. The van der Waals surface area contributed by atoms with Crippen molar-refractivity contribution >= 4 is 0 Å². The van der Waals surface area contributed by atoms with Gasteiger partial charge < -0.3 is 21.9 Å². The molecule has 0 aliphatic rings. The van der Waals surface area contributed by atoms with Gasteiger partial charge in [-0.1, -0.05) is 0 Å². The van der Waals surface area contributed by atoms with E-state index in [1.807, 2.05) is 0 Å². The summed E-state index contributed by atoms with van der Waals surface area (Å²) in [6, 6.07) is 0. The molecule has 0 spiro atoms. The van der Waals surface area contributed by atoms with E-state index in [4.69, 9.17) is 0 Å². The molecule has 0 amide bonds. The quantitative estimate of drug-likeness (QED) is 0.534. The first-order chi connectivity index (χ1) is 0. The summed E-state index contributed by atoms with van der Waals surface area (Å²) in [7, 11) is 0. The van der Waals surface area contributed by atoms with Crippen LogP contribution in [0, 0.1) is 0 Å². The summed E-state index contributed by atoms with van der Waals surface area (Å²) in [4.78, 5) is 0. The van der Waals surface area contributed by atoms with E-state index in [0.717, 1.165) is 0 Å². The molecule has 0 fully saturated rings. The summed E-state index contributed by atoms with van der Waals surface area (Å²) >= 11 is 0. The molecule has 0 unspecified atom stereocenters. The Hall–Kier alpha value is 1.66. The first-order valence-corrected chi connectivity index (χ1v) is 0. The van der Waals surface area contributed by atoms with Crippen LogP contribution in [0.3, 0.4) is 0 Å². The molecule has 0 rings (SSSR count). The number of hydrogen-bond acceptors (Lipinski definition) is 0. The Kier molecular flexibility index (Phi) is 3260. The van der Waals surface area contributed by atoms with E-state index in [1.54, 1.807) is 0 Å². The molecule has 0 atom stereocenters. The standard InChI is InChI=1S/Co.Mo.4O.Zn/q+2;+4;4*-2;+2. The van der Waals surface area contributed by atoms with Crippen molar-refractivity contribution in [1.82, 2.24) is 0 Å². The maximum atomic E-state index is 0. The fraction of sp³-hybridized carbons (Fsp3) is 0. The van der Waals surface area contributed by atoms with Gasteiger partial charge in [0.15, 0.2) is 0 Å². The van der Waals surface area contributed by atoms with Gasteiger partial charge in [0.05, 0.1) is 0 Å². The topological polar surface area (TPSA) is 114 Å². The molecule has 7 heavy (non-hydrogen) atoms. The van der Waals surface area contributed by atoms with Crippen molar-refractivity contribution in [3.8, 4) is 0 Å². The molecule has 4 nitrogen and oxygen atoms in total. The molecule has 0 saturated heterocycles. The van der Waals surface area contributed by atoms with Crippen LogP contribution in [0.5, 0.6) is 0 Å². The smallest absolute Gasteiger partial charge is 2.00 e. The molecule has 7 heteroatoms. The van der Waals surface area contributed by atoms with E-state index in [9.17, 15) is 0 Å². The average molecular weight is 284 g/mol. The molecule has 0 bridgehead atoms. The minimum Gasteiger partial charge on any atom is -2.00 e. The van der Waals surface area contributed by atoms with Gasteiger partial charge in [0, 0.05) is 0 Å². The van der Waals surface area contributed by atoms with Gasteiger partial charge in [0.25, 0.3) is 0 Å². The summed E-state index contributed by atoms with van der Waals surface area (Å²) in [5, 5.41) is 0. The van der Waals surface area contributed by atoms with Crippen LogP contribution < -0.4 is 0 Å². The minimum atomic E-state index is 0. The second-order valence-electron chi connectivity index (χ2n) is 0.